The van der Waals surface area contributed by atoms with E-state index in [0.29, 0.717) is 48.8 Å². The summed E-state index contributed by atoms with van der Waals surface area (Å²) < 4.78 is 34.6. The van der Waals surface area contributed by atoms with Crippen LogP contribution in [0.2, 0.25) is 0 Å². The quantitative estimate of drug-likeness (QED) is 0.300. The second-order valence-electron chi connectivity index (χ2n) is 11.4. The summed E-state index contributed by atoms with van der Waals surface area (Å²) in [5.41, 5.74) is 0.839. The Morgan fingerprint density at radius 2 is 1.93 bits per heavy atom. The molecule has 0 atom stereocenters. The van der Waals surface area contributed by atoms with Crippen molar-refractivity contribution in [2.24, 2.45) is 5.41 Å². The van der Waals surface area contributed by atoms with Gasteiger partial charge in [0.15, 0.2) is 11.6 Å². The lowest BCUT2D eigenvalue weighted by Crippen LogP contribution is -2.40. The molecule has 1 saturated heterocycles. The van der Waals surface area contributed by atoms with Gasteiger partial charge < -0.3 is 14.7 Å². The molecule has 0 spiro atoms. The standard InChI is InChI=1S/C30H30F2N6O3/c1-29(2,40)18-41-22-11-23(28-20(13-33)15-36-38(28)17-22)19-4-5-26(34-14-19)37-8-6-30(3,7-9-37)12-25(39)27-24(32)10-21(31)16-35-27/h4-5,10-11,14-17,40H,6-9,12,18H2,1-3H3. The summed E-state index contributed by atoms with van der Waals surface area (Å²) in [6.45, 7) is 6.69. The average Bonchev–Trinajstić information content (AvgIpc) is 3.34. The number of nitrogens with zero attached hydrogens (tertiary/aromatic N) is 6. The highest BCUT2D eigenvalue weighted by Crippen LogP contribution is 2.37. The van der Waals surface area contributed by atoms with Crippen LogP contribution in [0.15, 0.2) is 49.1 Å². The molecule has 4 aromatic rings. The maximum absolute atomic E-state index is 14.1. The molecule has 0 radical (unpaired) electrons. The molecular weight excluding hydrogens is 530 g/mol. The van der Waals surface area contributed by atoms with Crippen molar-refractivity contribution in [1.82, 2.24) is 19.6 Å². The predicted molar refractivity (Wildman–Crippen MR) is 148 cm³/mol. The molecule has 5 rings (SSSR count). The van der Waals surface area contributed by atoms with Crippen molar-refractivity contribution in [2.45, 2.75) is 45.6 Å². The highest BCUT2D eigenvalue weighted by molar-refractivity contribution is 5.94. The van der Waals surface area contributed by atoms with Gasteiger partial charge in [-0.2, -0.15) is 10.4 Å². The maximum atomic E-state index is 14.1. The Labute approximate surface area is 236 Å². The number of pyridine rings is 3. The van der Waals surface area contributed by atoms with Crippen molar-refractivity contribution in [3.8, 4) is 22.9 Å². The molecule has 9 nitrogen and oxygen atoms in total. The Morgan fingerprint density at radius 1 is 1.17 bits per heavy atom. The number of aromatic nitrogens is 4. The summed E-state index contributed by atoms with van der Waals surface area (Å²) in [6.07, 6.45) is 7.26. The molecule has 1 aliphatic heterocycles. The monoisotopic (exact) mass is 560 g/mol. The van der Waals surface area contributed by atoms with Crippen LogP contribution < -0.4 is 9.64 Å². The molecule has 0 amide bonds. The number of hydrogen-bond donors (Lipinski definition) is 1. The fraction of sp³-hybridized carbons (Fsp3) is 0.367. The minimum Gasteiger partial charge on any atom is -0.489 e. The molecule has 0 unspecified atom stereocenters. The van der Waals surface area contributed by atoms with Crippen LogP contribution in [0.1, 0.15) is 56.1 Å². The first-order valence-corrected chi connectivity index (χ1v) is 13.3. The largest absolute Gasteiger partial charge is 0.489 e. The molecule has 0 saturated carbocycles. The molecule has 5 heterocycles. The zero-order valence-corrected chi connectivity index (χ0v) is 23.1. The number of piperidine rings is 1. The van der Waals surface area contributed by atoms with Gasteiger partial charge in [-0.15, -0.1) is 0 Å². The van der Waals surface area contributed by atoms with Crippen LogP contribution in [0, 0.1) is 28.4 Å². The van der Waals surface area contributed by atoms with Gasteiger partial charge in [0.25, 0.3) is 0 Å². The van der Waals surface area contributed by atoms with Crippen LogP contribution in [0.5, 0.6) is 5.75 Å². The summed E-state index contributed by atoms with van der Waals surface area (Å²) in [4.78, 5) is 23.2. The number of carbonyl (C=O) groups is 1. The SMILES string of the molecule is CC(C)(O)COc1cc(-c2ccc(N3CCC(C)(CC(=O)c4ncc(F)cc4F)CC3)nc2)c2c(C#N)cnn2c1. The van der Waals surface area contributed by atoms with E-state index in [9.17, 15) is 23.9 Å². The van der Waals surface area contributed by atoms with Crippen molar-refractivity contribution >= 4 is 17.1 Å². The summed E-state index contributed by atoms with van der Waals surface area (Å²) >= 11 is 0. The number of Topliss-reactive ketones (excluding diaryl/α,β-unsaturated/α-hetero) is 1. The van der Waals surface area contributed by atoms with Crippen molar-refractivity contribution in [3.63, 3.8) is 0 Å². The van der Waals surface area contributed by atoms with Gasteiger partial charge in [0.05, 0.1) is 35.3 Å². The molecule has 1 fully saturated rings. The third-order valence-electron chi connectivity index (χ3n) is 7.31. The number of nitriles is 1. The maximum Gasteiger partial charge on any atom is 0.184 e. The van der Waals surface area contributed by atoms with Gasteiger partial charge in [-0.25, -0.2) is 23.3 Å². The van der Waals surface area contributed by atoms with Gasteiger partial charge in [0.1, 0.15) is 35.8 Å². The topological polar surface area (TPSA) is 117 Å². The number of anilines is 1. The number of fused-ring (bicyclic) bond motifs is 1. The molecule has 0 aromatic carbocycles. The smallest absolute Gasteiger partial charge is 0.184 e. The molecule has 1 aliphatic rings. The van der Waals surface area contributed by atoms with E-state index < -0.39 is 23.0 Å². The third-order valence-corrected chi connectivity index (χ3v) is 7.31. The van der Waals surface area contributed by atoms with Gasteiger partial charge in [0.2, 0.25) is 0 Å². The lowest BCUT2D eigenvalue weighted by atomic mass is 9.76. The molecule has 212 valence electrons. The van der Waals surface area contributed by atoms with Crippen LogP contribution in [0.4, 0.5) is 14.6 Å². The number of ketones is 1. The molecule has 0 bridgehead atoms. The molecule has 0 aliphatic carbocycles. The Hall–Kier alpha value is -4.43. The van der Waals surface area contributed by atoms with Gasteiger partial charge in [0, 0.05) is 42.9 Å². The Bertz CT molecular complexity index is 1630. The van der Waals surface area contributed by atoms with Gasteiger partial charge in [-0.05, 0) is 50.3 Å². The van der Waals surface area contributed by atoms with E-state index in [2.05, 4.69) is 26.0 Å². The van der Waals surface area contributed by atoms with Gasteiger partial charge in [-0.1, -0.05) is 6.92 Å². The van der Waals surface area contributed by atoms with Crippen molar-refractivity contribution < 1.29 is 23.4 Å². The Kier molecular flexibility index (Phi) is 7.44. The van der Waals surface area contributed by atoms with Crippen LogP contribution in [0.3, 0.4) is 0 Å². The van der Waals surface area contributed by atoms with E-state index >= 15 is 0 Å². The van der Waals surface area contributed by atoms with Gasteiger partial charge in [-0.3, -0.25) is 4.79 Å². The fourth-order valence-electron chi connectivity index (χ4n) is 5.01. The zero-order valence-electron chi connectivity index (χ0n) is 23.1. The second kappa shape index (κ2) is 10.9. The lowest BCUT2D eigenvalue weighted by Gasteiger charge is -2.39. The number of rotatable bonds is 8. The average molecular weight is 561 g/mol. The van der Waals surface area contributed by atoms with Crippen molar-refractivity contribution in [3.05, 3.63) is 71.9 Å². The van der Waals surface area contributed by atoms with E-state index in [1.54, 1.807) is 30.8 Å². The first-order valence-electron chi connectivity index (χ1n) is 13.3. The van der Waals surface area contributed by atoms with Crippen LogP contribution in [-0.2, 0) is 0 Å². The first-order chi connectivity index (χ1) is 19.4. The van der Waals surface area contributed by atoms with Gasteiger partial charge >= 0.3 is 0 Å². The Morgan fingerprint density at radius 3 is 2.56 bits per heavy atom. The Balaban J connectivity index is 1.31. The van der Waals surface area contributed by atoms with E-state index in [1.807, 2.05) is 25.1 Å². The fourth-order valence-corrected chi connectivity index (χ4v) is 5.01. The second-order valence-corrected chi connectivity index (χ2v) is 11.4. The molecule has 4 aromatic heterocycles. The number of aliphatic hydroxyl groups is 1. The normalized spacial score (nSPS) is 15.1. The summed E-state index contributed by atoms with van der Waals surface area (Å²) in [5.74, 6) is -0.925. The number of ether oxygens (including phenoxy) is 1. The summed E-state index contributed by atoms with van der Waals surface area (Å²) in [7, 11) is 0. The van der Waals surface area contributed by atoms with Crippen molar-refractivity contribution in [1.29, 1.82) is 5.26 Å². The molecular formula is C30H30F2N6O3. The van der Waals surface area contributed by atoms with Crippen LogP contribution in [0.25, 0.3) is 16.6 Å². The highest BCUT2D eigenvalue weighted by atomic mass is 19.1. The van der Waals surface area contributed by atoms with E-state index in [-0.39, 0.29) is 24.1 Å². The lowest BCUT2D eigenvalue weighted by molar-refractivity contribution is 0.0283. The van der Waals surface area contributed by atoms with Crippen LogP contribution >= 0.6 is 0 Å². The zero-order chi connectivity index (χ0) is 29.4. The molecule has 11 heteroatoms. The summed E-state index contributed by atoms with van der Waals surface area (Å²) in [5, 5.41) is 24.0. The first kappa shape index (κ1) is 28.1. The molecule has 1 N–H and O–H groups in total. The third kappa shape index (κ3) is 6.18. The minimum atomic E-state index is -1.02. The number of carbonyl (C=O) groups excluding carboxylic acids is 1. The minimum absolute atomic E-state index is 0.0797. The number of hydrogen-bond acceptors (Lipinski definition) is 8. The van der Waals surface area contributed by atoms with Crippen LogP contribution in [-0.4, -0.2) is 55.8 Å². The highest BCUT2D eigenvalue weighted by Gasteiger charge is 2.34. The van der Waals surface area contributed by atoms with E-state index in [4.69, 9.17) is 4.74 Å². The summed E-state index contributed by atoms with van der Waals surface area (Å²) in [6, 6.07) is 8.49. The van der Waals surface area contributed by atoms with Crippen molar-refractivity contribution in [2.75, 3.05) is 24.6 Å². The van der Waals surface area contributed by atoms with E-state index in [0.717, 1.165) is 23.1 Å². The van der Waals surface area contributed by atoms with E-state index in [1.165, 1.54) is 6.20 Å². The number of halogens is 2. The molecule has 41 heavy (non-hydrogen) atoms. The predicted octanol–water partition coefficient (Wildman–Crippen LogP) is 4.97.